The first-order valence-corrected chi connectivity index (χ1v) is 14.1. The number of benzene rings is 3. The summed E-state index contributed by atoms with van der Waals surface area (Å²) < 4.78 is 10.7. The van der Waals surface area contributed by atoms with Crippen molar-refractivity contribution in [3.05, 3.63) is 135 Å². The van der Waals surface area contributed by atoms with Gasteiger partial charge in [-0.25, -0.2) is 0 Å². The molecule has 2 aliphatic rings. The maximum Gasteiger partial charge on any atom is 0.209 e. The third-order valence-corrected chi connectivity index (χ3v) is 7.63. The third-order valence-electron chi connectivity index (χ3n) is 6.57. The van der Waals surface area contributed by atoms with Crippen molar-refractivity contribution in [2.24, 2.45) is 0 Å². The molecule has 2 nitrogen and oxygen atoms in total. The molecule has 0 saturated heterocycles. The van der Waals surface area contributed by atoms with Gasteiger partial charge in [0.1, 0.15) is 18.6 Å². The topological polar surface area (TPSA) is 12.2 Å². The molecule has 4 heteroatoms. The lowest BCUT2D eigenvalue weighted by Gasteiger charge is -2.18. The second-order valence-corrected chi connectivity index (χ2v) is 11.1. The first kappa shape index (κ1) is 27.1. The molecule has 0 atom stereocenters. The van der Waals surface area contributed by atoms with Gasteiger partial charge in [0.15, 0.2) is 5.71 Å². The van der Waals surface area contributed by atoms with E-state index in [1.807, 2.05) is 32.1 Å². The Balaban J connectivity index is 0.00000156. The summed E-state index contributed by atoms with van der Waals surface area (Å²) in [5.41, 5.74) is 7.09. The van der Waals surface area contributed by atoms with E-state index >= 15 is 0 Å². The SMILES string of the molecule is CC.C[N+]1=C(/C=C/C=C2\C=C(c3ccc(Br)cc3)C=C(c3ccc(Br)cc3)O2)C(C)(C)c2ccccc21. The number of hydrogen-bond acceptors (Lipinski definition) is 1. The van der Waals surface area contributed by atoms with Crippen LogP contribution in [-0.2, 0) is 10.2 Å². The highest BCUT2D eigenvalue weighted by Crippen LogP contribution is 2.39. The fourth-order valence-corrected chi connectivity index (χ4v) is 5.23. The van der Waals surface area contributed by atoms with Gasteiger partial charge in [0.2, 0.25) is 5.69 Å². The van der Waals surface area contributed by atoms with Crippen molar-refractivity contribution in [2.75, 3.05) is 7.05 Å². The minimum atomic E-state index is -0.0608. The zero-order valence-electron chi connectivity index (χ0n) is 21.9. The van der Waals surface area contributed by atoms with Gasteiger partial charge in [-0.3, -0.25) is 0 Å². The second-order valence-electron chi connectivity index (χ2n) is 9.24. The molecule has 0 aliphatic carbocycles. The quantitative estimate of drug-likeness (QED) is 0.265. The van der Waals surface area contributed by atoms with Gasteiger partial charge < -0.3 is 4.74 Å². The van der Waals surface area contributed by atoms with E-state index in [4.69, 9.17) is 4.74 Å². The average Bonchev–Trinajstić information content (AvgIpc) is 3.11. The minimum Gasteiger partial charge on any atom is -0.457 e. The van der Waals surface area contributed by atoms with E-state index in [9.17, 15) is 0 Å². The lowest BCUT2D eigenvalue weighted by Crippen LogP contribution is -2.26. The van der Waals surface area contributed by atoms with Crippen LogP contribution < -0.4 is 0 Å². The first-order chi connectivity index (χ1) is 17.8. The summed E-state index contributed by atoms with van der Waals surface area (Å²) in [4.78, 5) is 0. The number of para-hydroxylation sites is 1. The molecule has 3 aromatic carbocycles. The maximum absolute atomic E-state index is 6.34. The van der Waals surface area contributed by atoms with Crippen LogP contribution in [0.15, 0.2) is 118 Å². The summed E-state index contributed by atoms with van der Waals surface area (Å²) in [6.45, 7) is 8.55. The van der Waals surface area contributed by atoms with Gasteiger partial charge in [-0.1, -0.05) is 94.2 Å². The van der Waals surface area contributed by atoms with Crippen molar-refractivity contribution in [3.8, 4) is 0 Å². The van der Waals surface area contributed by atoms with Crippen LogP contribution in [0.3, 0.4) is 0 Å². The highest BCUT2D eigenvalue weighted by Gasteiger charge is 2.42. The summed E-state index contributed by atoms with van der Waals surface area (Å²) in [6.07, 6.45) is 10.5. The standard InChI is InChI=1S/C31H26Br2NO.C2H6/c1-31(2)27-8-4-5-9-28(27)34(3)30(31)10-6-7-26-19-23(21-11-15-24(32)16-12-21)20-29(35-26)22-13-17-25(33)18-14-22;1-2/h4-20H,1-3H3;1-2H3/q+1;/b10-6+,26-7+;. The van der Waals surface area contributed by atoms with Crippen LogP contribution in [0.4, 0.5) is 5.69 Å². The molecule has 2 aliphatic heterocycles. The molecule has 0 N–H and O–H groups in total. The number of allylic oxidation sites excluding steroid dienone is 6. The van der Waals surface area contributed by atoms with Gasteiger partial charge in [0.05, 0.1) is 5.41 Å². The predicted molar refractivity (Wildman–Crippen MR) is 164 cm³/mol. The fraction of sp³-hybridized carbons (Fsp3) is 0.182. The number of hydrogen-bond donors (Lipinski definition) is 0. The van der Waals surface area contributed by atoms with Crippen LogP contribution >= 0.6 is 31.9 Å². The average molecular weight is 618 g/mol. The summed E-state index contributed by atoms with van der Waals surface area (Å²) in [6, 6.07) is 25.2. The predicted octanol–water partition coefficient (Wildman–Crippen LogP) is 9.84. The molecule has 0 unspecified atom stereocenters. The van der Waals surface area contributed by atoms with Gasteiger partial charge >= 0.3 is 0 Å². The van der Waals surface area contributed by atoms with Crippen molar-refractivity contribution in [3.63, 3.8) is 0 Å². The van der Waals surface area contributed by atoms with Crippen molar-refractivity contribution in [1.29, 1.82) is 0 Å². The van der Waals surface area contributed by atoms with Crippen molar-refractivity contribution < 1.29 is 9.31 Å². The Hall–Kier alpha value is -2.95. The molecule has 0 radical (unpaired) electrons. The molecule has 0 bridgehead atoms. The Bertz CT molecular complexity index is 1440. The van der Waals surface area contributed by atoms with Crippen LogP contribution in [0.5, 0.6) is 0 Å². The van der Waals surface area contributed by atoms with Crippen LogP contribution in [0.1, 0.15) is 44.4 Å². The number of ether oxygens (including phenoxy) is 1. The third kappa shape index (κ3) is 5.81. The summed E-state index contributed by atoms with van der Waals surface area (Å²) in [5, 5.41) is 0. The molecule has 0 spiro atoms. The Morgan fingerprint density at radius 3 is 2.00 bits per heavy atom. The summed E-state index contributed by atoms with van der Waals surface area (Å²) in [5.74, 6) is 1.63. The molecule has 0 amide bonds. The Kier molecular flexibility index (Phi) is 8.51. The van der Waals surface area contributed by atoms with E-state index in [2.05, 4.69) is 142 Å². The van der Waals surface area contributed by atoms with E-state index in [-0.39, 0.29) is 5.41 Å². The van der Waals surface area contributed by atoms with E-state index in [1.54, 1.807) is 0 Å². The molecule has 5 rings (SSSR count). The smallest absolute Gasteiger partial charge is 0.209 e. The number of rotatable bonds is 4. The molecule has 0 aromatic heterocycles. The van der Waals surface area contributed by atoms with Gasteiger partial charge in [-0.2, -0.15) is 4.58 Å². The molecule has 188 valence electrons. The minimum absolute atomic E-state index is 0.0608. The maximum atomic E-state index is 6.34. The molecular weight excluding hydrogens is 586 g/mol. The van der Waals surface area contributed by atoms with Crippen molar-refractivity contribution in [2.45, 2.75) is 33.1 Å². The lowest BCUT2D eigenvalue weighted by molar-refractivity contribution is -0.401. The Morgan fingerprint density at radius 2 is 1.38 bits per heavy atom. The highest BCUT2D eigenvalue weighted by atomic mass is 79.9. The second kappa shape index (κ2) is 11.6. The largest absolute Gasteiger partial charge is 0.457 e. The van der Waals surface area contributed by atoms with Gasteiger partial charge in [0, 0.05) is 32.2 Å². The van der Waals surface area contributed by atoms with Gasteiger partial charge in [0.25, 0.3) is 0 Å². The summed E-state index contributed by atoms with van der Waals surface area (Å²) >= 11 is 7.06. The number of fused-ring (bicyclic) bond motifs is 1. The number of nitrogens with zero attached hydrogens (tertiary/aromatic N) is 1. The summed E-state index contributed by atoms with van der Waals surface area (Å²) in [7, 11) is 2.14. The highest BCUT2D eigenvalue weighted by molar-refractivity contribution is 9.10. The fourth-order valence-electron chi connectivity index (χ4n) is 4.71. The number of halogens is 2. The lowest BCUT2D eigenvalue weighted by atomic mass is 9.81. The van der Waals surface area contributed by atoms with Crippen LogP contribution in [-0.4, -0.2) is 17.3 Å². The Labute approximate surface area is 237 Å². The zero-order valence-corrected chi connectivity index (χ0v) is 25.1. The van der Waals surface area contributed by atoms with E-state index < -0.39 is 0 Å². The van der Waals surface area contributed by atoms with E-state index in [0.717, 1.165) is 37.2 Å². The first-order valence-electron chi connectivity index (χ1n) is 12.5. The molecule has 2 heterocycles. The molecule has 0 fully saturated rings. The zero-order chi connectivity index (χ0) is 26.6. The monoisotopic (exact) mass is 616 g/mol. The Morgan fingerprint density at radius 1 is 0.784 bits per heavy atom. The normalized spacial score (nSPS) is 17.1. The molecule has 3 aromatic rings. The molecule has 37 heavy (non-hydrogen) atoms. The van der Waals surface area contributed by atoms with E-state index in [0.29, 0.717) is 0 Å². The van der Waals surface area contributed by atoms with Crippen LogP contribution in [0.2, 0.25) is 0 Å². The van der Waals surface area contributed by atoms with Crippen molar-refractivity contribution in [1.82, 2.24) is 0 Å². The molecule has 0 saturated carbocycles. The van der Waals surface area contributed by atoms with E-state index in [1.165, 1.54) is 17.0 Å². The molecular formula is C33H32Br2NO+. The van der Waals surface area contributed by atoms with Crippen molar-refractivity contribution >= 4 is 54.6 Å². The van der Waals surface area contributed by atoms with Crippen LogP contribution in [0.25, 0.3) is 11.3 Å². The van der Waals surface area contributed by atoms with Crippen LogP contribution in [0, 0.1) is 0 Å². The van der Waals surface area contributed by atoms with Gasteiger partial charge in [-0.15, -0.1) is 0 Å². The van der Waals surface area contributed by atoms with Gasteiger partial charge in [-0.05, 0) is 67.5 Å².